The van der Waals surface area contributed by atoms with Crippen LogP contribution in [0.15, 0.2) is 18.2 Å². The van der Waals surface area contributed by atoms with Crippen molar-refractivity contribution >= 4 is 22.6 Å². The Kier molecular flexibility index (Phi) is 4.77. The van der Waals surface area contributed by atoms with Crippen molar-refractivity contribution in [2.24, 2.45) is 5.73 Å². The first-order valence-corrected chi connectivity index (χ1v) is 5.54. The van der Waals surface area contributed by atoms with Gasteiger partial charge in [0, 0.05) is 21.8 Å². The fourth-order valence-electron chi connectivity index (χ4n) is 1.27. The van der Waals surface area contributed by atoms with Crippen LogP contribution in [0.3, 0.4) is 0 Å². The van der Waals surface area contributed by atoms with Gasteiger partial charge in [0.15, 0.2) is 0 Å². The van der Waals surface area contributed by atoms with Crippen LogP contribution in [0.2, 0.25) is 0 Å². The van der Waals surface area contributed by atoms with E-state index in [2.05, 4.69) is 22.6 Å². The summed E-state index contributed by atoms with van der Waals surface area (Å²) in [5, 5.41) is 8.64. The molecule has 1 aromatic carbocycles. The normalized spacial score (nSPS) is 12.9. The lowest BCUT2D eigenvalue weighted by molar-refractivity contribution is 0.279. The van der Waals surface area contributed by atoms with E-state index in [-0.39, 0.29) is 18.5 Å². The van der Waals surface area contributed by atoms with Gasteiger partial charge in [0.05, 0.1) is 0 Å². The van der Waals surface area contributed by atoms with Gasteiger partial charge in [0.2, 0.25) is 0 Å². The number of hydrogen-bond donors (Lipinski definition) is 2. The lowest BCUT2D eigenvalue weighted by atomic mass is 10.0. The van der Waals surface area contributed by atoms with Gasteiger partial charge in [-0.2, -0.15) is 0 Å². The van der Waals surface area contributed by atoms with Crippen LogP contribution in [0, 0.1) is 9.39 Å². The van der Waals surface area contributed by atoms with Crippen LogP contribution < -0.4 is 5.73 Å². The first-order chi connectivity index (χ1) is 6.65. The molecule has 1 atom stereocenters. The summed E-state index contributed by atoms with van der Waals surface area (Å²) in [4.78, 5) is 0. The zero-order valence-electron chi connectivity index (χ0n) is 7.71. The van der Waals surface area contributed by atoms with E-state index >= 15 is 0 Å². The molecule has 0 saturated carbocycles. The first-order valence-electron chi connectivity index (χ1n) is 4.46. The van der Waals surface area contributed by atoms with Gasteiger partial charge >= 0.3 is 0 Å². The van der Waals surface area contributed by atoms with Crippen molar-refractivity contribution in [3.63, 3.8) is 0 Å². The van der Waals surface area contributed by atoms with Gasteiger partial charge in [-0.3, -0.25) is 0 Å². The Labute approximate surface area is 96.5 Å². The predicted octanol–water partition coefficient (Wildman–Crippen LogP) is 2.20. The van der Waals surface area contributed by atoms with Crippen LogP contribution in [0.4, 0.5) is 4.39 Å². The minimum absolute atomic E-state index is 0.0965. The zero-order chi connectivity index (χ0) is 10.6. The van der Waals surface area contributed by atoms with Gasteiger partial charge in [-0.05, 0) is 53.6 Å². The highest BCUT2D eigenvalue weighted by Gasteiger charge is 2.11. The highest BCUT2D eigenvalue weighted by atomic mass is 127. The molecule has 2 nitrogen and oxygen atoms in total. The molecule has 14 heavy (non-hydrogen) atoms. The lowest BCUT2D eigenvalue weighted by Gasteiger charge is -2.12. The van der Waals surface area contributed by atoms with Gasteiger partial charge in [0.1, 0.15) is 5.82 Å². The van der Waals surface area contributed by atoms with E-state index in [0.29, 0.717) is 18.4 Å². The SMILES string of the molecule is N[C@@H](CCCO)c1cc(I)ccc1F. The van der Waals surface area contributed by atoms with E-state index in [0.717, 1.165) is 3.57 Å². The molecular weight excluding hydrogens is 296 g/mol. The second-order valence-corrected chi connectivity index (χ2v) is 4.38. The molecule has 0 saturated heterocycles. The molecule has 3 N–H and O–H groups in total. The van der Waals surface area contributed by atoms with E-state index in [1.54, 1.807) is 12.1 Å². The summed E-state index contributed by atoms with van der Waals surface area (Å²) in [5.41, 5.74) is 6.33. The molecule has 0 radical (unpaired) electrons. The van der Waals surface area contributed by atoms with Gasteiger partial charge in [-0.15, -0.1) is 0 Å². The second kappa shape index (κ2) is 5.63. The topological polar surface area (TPSA) is 46.2 Å². The van der Waals surface area contributed by atoms with Crippen molar-refractivity contribution in [3.8, 4) is 0 Å². The molecule has 78 valence electrons. The second-order valence-electron chi connectivity index (χ2n) is 3.14. The number of aliphatic hydroxyl groups is 1. The van der Waals surface area contributed by atoms with Crippen LogP contribution >= 0.6 is 22.6 Å². The standard InChI is InChI=1S/C10H13FINO/c11-9-4-3-7(12)6-8(9)10(13)2-1-5-14/h3-4,6,10,14H,1-2,5,13H2/t10-/m0/s1. The van der Waals surface area contributed by atoms with Crippen LogP contribution in [-0.2, 0) is 0 Å². The molecule has 1 rings (SSSR count). The first kappa shape index (κ1) is 11.9. The molecule has 0 aliphatic rings. The molecule has 0 aliphatic carbocycles. The number of aliphatic hydroxyl groups excluding tert-OH is 1. The molecule has 0 amide bonds. The highest BCUT2D eigenvalue weighted by Crippen LogP contribution is 2.21. The molecule has 0 heterocycles. The van der Waals surface area contributed by atoms with E-state index in [4.69, 9.17) is 10.8 Å². The fraction of sp³-hybridized carbons (Fsp3) is 0.400. The Morgan fingerprint density at radius 1 is 1.50 bits per heavy atom. The minimum Gasteiger partial charge on any atom is -0.396 e. The number of nitrogens with two attached hydrogens (primary N) is 1. The number of rotatable bonds is 4. The molecule has 4 heteroatoms. The van der Waals surface area contributed by atoms with Crippen molar-refractivity contribution in [1.82, 2.24) is 0 Å². The quantitative estimate of drug-likeness (QED) is 0.838. The summed E-state index contributed by atoms with van der Waals surface area (Å²) >= 11 is 2.12. The maximum atomic E-state index is 13.3. The fourth-order valence-corrected chi connectivity index (χ4v) is 1.78. The van der Waals surface area contributed by atoms with Crippen LogP contribution in [-0.4, -0.2) is 11.7 Å². The third-order valence-corrected chi connectivity index (χ3v) is 2.70. The van der Waals surface area contributed by atoms with Crippen LogP contribution in [0.25, 0.3) is 0 Å². The van der Waals surface area contributed by atoms with Crippen LogP contribution in [0.5, 0.6) is 0 Å². The smallest absolute Gasteiger partial charge is 0.128 e. The van der Waals surface area contributed by atoms with Crippen molar-refractivity contribution in [2.75, 3.05) is 6.61 Å². The summed E-state index contributed by atoms with van der Waals surface area (Å²) in [6, 6.07) is 4.56. The summed E-state index contributed by atoms with van der Waals surface area (Å²) in [5.74, 6) is -0.268. The van der Waals surface area contributed by atoms with Crippen molar-refractivity contribution in [2.45, 2.75) is 18.9 Å². The Bertz CT molecular complexity index is 306. The average Bonchev–Trinajstić information content (AvgIpc) is 2.18. The van der Waals surface area contributed by atoms with E-state index < -0.39 is 0 Å². The van der Waals surface area contributed by atoms with Crippen molar-refractivity contribution < 1.29 is 9.50 Å². The lowest BCUT2D eigenvalue weighted by Crippen LogP contribution is -2.12. The third kappa shape index (κ3) is 3.18. The summed E-state index contributed by atoms with van der Waals surface area (Å²) in [6.07, 6.45) is 1.21. The molecule has 0 fully saturated rings. The van der Waals surface area contributed by atoms with Crippen LogP contribution in [0.1, 0.15) is 24.4 Å². The van der Waals surface area contributed by atoms with Gasteiger partial charge < -0.3 is 10.8 Å². The molecular formula is C10H13FINO. The van der Waals surface area contributed by atoms with Gasteiger partial charge in [0.25, 0.3) is 0 Å². The maximum absolute atomic E-state index is 13.3. The number of hydrogen-bond acceptors (Lipinski definition) is 2. The number of benzene rings is 1. The molecule has 1 aromatic rings. The molecule has 0 bridgehead atoms. The molecule has 0 aromatic heterocycles. The van der Waals surface area contributed by atoms with E-state index in [9.17, 15) is 4.39 Å². The average molecular weight is 309 g/mol. The Morgan fingerprint density at radius 3 is 2.86 bits per heavy atom. The Balaban J connectivity index is 2.77. The maximum Gasteiger partial charge on any atom is 0.128 e. The summed E-state index contributed by atoms with van der Waals surface area (Å²) in [7, 11) is 0. The Morgan fingerprint density at radius 2 is 2.21 bits per heavy atom. The Hall–Kier alpha value is -0.200. The minimum atomic E-state index is -0.322. The molecule has 0 unspecified atom stereocenters. The zero-order valence-corrected chi connectivity index (χ0v) is 9.87. The van der Waals surface area contributed by atoms with E-state index in [1.807, 2.05) is 0 Å². The monoisotopic (exact) mass is 309 g/mol. The third-order valence-electron chi connectivity index (χ3n) is 2.03. The van der Waals surface area contributed by atoms with Crippen molar-refractivity contribution in [3.05, 3.63) is 33.1 Å². The summed E-state index contributed by atoms with van der Waals surface area (Å²) in [6.45, 7) is 0.0965. The largest absolute Gasteiger partial charge is 0.396 e. The number of halogens is 2. The van der Waals surface area contributed by atoms with Crippen molar-refractivity contribution in [1.29, 1.82) is 0 Å². The molecule has 0 aliphatic heterocycles. The predicted molar refractivity (Wildman–Crippen MR) is 62.4 cm³/mol. The molecule has 0 spiro atoms. The van der Waals surface area contributed by atoms with Gasteiger partial charge in [-0.25, -0.2) is 4.39 Å². The summed E-state index contributed by atoms with van der Waals surface area (Å²) < 4.78 is 14.3. The van der Waals surface area contributed by atoms with E-state index in [1.165, 1.54) is 6.07 Å². The highest BCUT2D eigenvalue weighted by molar-refractivity contribution is 14.1. The van der Waals surface area contributed by atoms with Gasteiger partial charge in [-0.1, -0.05) is 0 Å².